The molecule has 1 unspecified atom stereocenters. The molecule has 0 radical (unpaired) electrons. The lowest BCUT2D eigenvalue weighted by molar-refractivity contribution is -0.155. The van der Waals surface area contributed by atoms with Gasteiger partial charge in [-0.3, -0.25) is 14.1 Å². The number of hydrogen-bond donors (Lipinski definition) is 2. The molecule has 0 bridgehead atoms. The van der Waals surface area contributed by atoms with Crippen molar-refractivity contribution in [1.82, 2.24) is 14.6 Å². The Morgan fingerprint density at radius 3 is 2.50 bits per heavy atom. The normalized spacial score (nSPS) is 12.8. The largest absolute Gasteiger partial charge is 0.465 e. The summed E-state index contributed by atoms with van der Waals surface area (Å²) in [6.07, 6.45) is 1.51. The molecule has 1 atom stereocenters. The number of benzene rings is 1. The first-order chi connectivity index (χ1) is 18.9. The van der Waals surface area contributed by atoms with Crippen LogP contribution in [0.5, 0.6) is 0 Å². The van der Waals surface area contributed by atoms with E-state index in [0.717, 1.165) is 5.56 Å². The zero-order chi connectivity index (χ0) is 29.6. The van der Waals surface area contributed by atoms with Gasteiger partial charge in [-0.25, -0.2) is 13.6 Å². The average Bonchev–Trinajstić information content (AvgIpc) is 3.28. The predicted octanol–water partition coefficient (Wildman–Crippen LogP) is 5.50. The number of carbonyl (C=O) groups excluding carboxylic acids is 2. The Hall–Kier alpha value is -3.15. The van der Waals surface area contributed by atoms with Crippen LogP contribution in [0.15, 0.2) is 34.7 Å². The van der Waals surface area contributed by atoms with Crippen molar-refractivity contribution < 1.29 is 31.9 Å². The third-order valence-corrected chi connectivity index (χ3v) is 7.40. The van der Waals surface area contributed by atoms with Crippen LogP contribution in [0.4, 0.5) is 4.39 Å². The SMILES string of the molecule is CCc1cc2c(C(=O)NC)c(-c3ccc(F)cc3)oc2nc1CN(CCCC(C)(C)C(=O)OCC(C)C)S(=O)O. The van der Waals surface area contributed by atoms with Crippen LogP contribution >= 0.6 is 0 Å². The number of rotatable bonds is 13. The topological polar surface area (TPSA) is 122 Å². The molecule has 11 heteroatoms. The van der Waals surface area contributed by atoms with E-state index in [1.54, 1.807) is 13.8 Å². The van der Waals surface area contributed by atoms with Gasteiger partial charge in [0.25, 0.3) is 5.91 Å². The minimum atomic E-state index is -2.29. The van der Waals surface area contributed by atoms with Crippen LogP contribution in [-0.4, -0.2) is 50.1 Å². The lowest BCUT2D eigenvalue weighted by Gasteiger charge is -2.25. The van der Waals surface area contributed by atoms with Gasteiger partial charge in [0.2, 0.25) is 17.0 Å². The van der Waals surface area contributed by atoms with Gasteiger partial charge in [0.1, 0.15) is 11.6 Å². The summed E-state index contributed by atoms with van der Waals surface area (Å²) in [6, 6.07) is 7.43. The van der Waals surface area contributed by atoms with Crippen molar-refractivity contribution in [3.05, 3.63) is 53.0 Å². The highest BCUT2D eigenvalue weighted by Gasteiger charge is 2.30. The molecular formula is C29H38FN3O6S. The highest BCUT2D eigenvalue weighted by atomic mass is 32.2. The van der Waals surface area contributed by atoms with Crippen molar-refractivity contribution in [2.75, 3.05) is 20.2 Å². The lowest BCUT2D eigenvalue weighted by Crippen LogP contribution is -2.31. The van der Waals surface area contributed by atoms with Crippen molar-refractivity contribution in [3.63, 3.8) is 0 Å². The van der Waals surface area contributed by atoms with Crippen LogP contribution in [0.2, 0.25) is 0 Å². The standard InChI is InChI=1S/C29H38FN3O6S/c1-7-19-15-22-24(26(34)31-6)25(20-9-11-21(30)12-10-20)39-27(22)32-23(19)16-33(40(36)37)14-8-13-29(4,5)28(35)38-17-18(2)3/h9-12,15,18H,7-8,13-14,16-17H2,1-6H3,(H,31,34)(H,36,37). The van der Waals surface area contributed by atoms with Crippen LogP contribution in [-0.2, 0) is 33.8 Å². The molecule has 0 spiro atoms. The Morgan fingerprint density at radius 2 is 1.93 bits per heavy atom. The fourth-order valence-electron chi connectivity index (χ4n) is 4.32. The Bertz CT molecular complexity index is 1370. The number of carbonyl (C=O) groups is 2. The third kappa shape index (κ3) is 7.52. The number of aromatic nitrogens is 1. The fraction of sp³-hybridized carbons (Fsp3) is 0.483. The molecule has 3 aromatic rings. The van der Waals surface area contributed by atoms with Gasteiger partial charge in [0.15, 0.2) is 0 Å². The summed E-state index contributed by atoms with van der Waals surface area (Å²) in [5.41, 5.74) is 1.60. The zero-order valence-corrected chi connectivity index (χ0v) is 24.7. The van der Waals surface area contributed by atoms with Crippen molar-refractivity contribution in [3.8, 4) is 11.3 Å². The average molecular weight is 576 g/mol. The van der Waals surface area contributed by atoms with E-state index in [-0.39, 0.29) is 47.9 Å². The molecule has 2 heterocycles. The molecule has 0 fully saturated rings. The Kier molecular flexibility index (Phi) is 10.6. The van der Waals surface area contributed by atoms with E-state index in [1.807, 2.05) is 26.8 Å². The highest BCUT2D eigenvalue weighted by Crippen LogP contribution is 2.34. The zero-order valence-electron chi connectivity index (χ0n) is 23.9. The summed E-state index contributed by atoms with van der Waals surface area (Å²) in [5.74, 6) is -0.585. The van der Waals surface area contributed by atoms with Crippen molar-refractivity contribution in [1.29, 1.82) is 0 Å². The molecule has 9 nitrogen and oxygen atoms in total. The van der Waals surface area contributed by atoms with E-state index in [0.29, 0.717) is 42.5 Å². The number of aryl methyl sites for hydroxylation is 1. The van der Waals surface area contributed by atoms with Gasteiger partial charge in [-0.2, -0.15) is 4.31 Å². The maximum absolute atomic E-state index is 13.5. The van der Waals surface area contributed by atoms with Gasteiger partial charge < -0.3 is 14.5 Å². The van der Waals surface area contributed by atoms with Crippen LogP contribution in [0.3, 0.4) is 0 Å². The second-order valence-corrected chi connectivity index (χ2v) is 11.7. The second-order valence-electron chi connectivity index (χ2n) is 10.8. The number of fused-ring (bicyclic) bond motifs is 1. The van der Waals surface area contributed by atoms with Gasteiger partial charge in [-0.1, -0.05) is 20.8 Å². The maximum atomic E-state index is 13.5. The quantitative estimate of drug-likeness (QED) is 0.204. The number of nitrogens with one attached hydrogen (secondary N) is 1. The summed E-state index contributed by atoms with van der Waals surface area (Å²) in [6.45, 7) is 10.1. The second kappa shape index (κ2) is 13.5. The van der Waals surface area contributed by atoms with Gasteiger partial charge in [-0.05, 0) is 74.9 Å². The number of ether oxygens (including phenoxy) is 1. The molecule has 1 amide bonds. The first-order valence-corrected chi connectivity index (χ1v) is 14.4. The van der Waals surface area contributed by atoms with E-state index in [4.69, 9.17) is 9.15 Å². The summed E-state index contributed by atoms with van der Waals surface area (Å²) in [5, 5.41) is 3.12. The number of amides is 1. The molecule has 0 aliphatic rings. The molecule has 1 aromatic carbocycles. The molecule has 2 aromatic heterocycles. The van der Waals surface area contributed by atoms with Crippen molar-refractivity contribution in [2.24, 2.45) is 11.3 Å². The molecular weight excluding hydrogens is 537 g/mol. The lowest BCUT2D eigenvalue weighted by atomic mass is 9.88. The van der Waals surface area contributed by atoms with Gasteiger partial charge >= 0.3 is 5.97 Å². The van der Waals surface area contributed by atoms with E-state index < -0.39 is 22.5 Å². The number of esters is 1. The molecule has 40 heavy (non-hydrogen) atoms. The van der Waals surface area contributed by atoms with Gasteiger partial charge in [0, 0.05) is 19.2 Å². The first kappa shape index (κ1) is 31.4. The highest BCUT2D eigenvalue weighted by molar-refractivity contribution is 7.76. The van der Waals surface area contributed by atoms with Gasteiger partial charge in [0.05, 0.1) is 35.2 Å². The van der Waals surface area contributed by atoms with Crippen molar-refractivity contribution in [2.45, 2.75) is 60.4 Å². The van der Waals surface area contributed by atoms with Crippen LogP contribution < -0.4 is 5.32 Å². The Balaban J connectivity index is 1.88. The van der Waals surface area contributed by atoms with E-state index >= 15 is 0 Å². The number of hydrogen-bond acceptors (Lipinski definition) is 6. The monoisotopic (exact) mass is 575 g/mol. The molecule has 3 rings (SSSR count). The molecule has 0 aliphatic carbocycles. The van der Waals surface area contributed by atoms with Crippen LogP contribution in [0.25, 0.3) is 22.4 Å². The minimum Gasteiger partial charge on any atom is -0.465 e. The van der Waals surface area contributed by atoms with E-state index in [9.17, 15) is 22.7 Å². The third-order valence-electron chi connectivity index (χ3n) is 6.65. The van der Waals surface area contributed by atoms with Gasteiger partial charge in [-0.15, -0.1) is 0 Å². The number of furan rings is 1. The summed E-state index contributed by atoms with van der Waals surface area (Å²) in [4.78, 5) is 30.0. The smallest absolute Gasteiger partial charge is 0.311 e. The molecule has 0 saturated heterocycles. The molecule has 218 valence electrons. The van der Waals surface area contributed by atoms with Crippen LogP contribution in [0.1, 0.15) is 69.1 Å². The maximum Gasteiger partial charge on any atom is 0.311 e. The Morgan fingerprint density at radius 1 is 1.25 bits per heavy atom. The minimum absolute atomic E-state index is 0.0579. The molecule has 0 aliphatic heterocycles. The summed E-state index contributed by atoms with van der Waals surface area (Å²) < 4.78 is 48.6. The van der Waals surface area contributed by atoms with Crippen LogP contribution in [0, 0.1) is 17.2 Å². The fourth-order valence-corrected chi connectivity index (χ4v) is 4.83. The van der Waals surface area contributed by atoms with E-state index in [2.05, 4.69) is 10.3 Å². The molecule has 2 N–H and O–H groups in total. The van der Waals surface area contributed by atoms with Crippen molar-refractivity contribution >= 4 is 34.2 Å². The summed E-state index contributed by atoms with van der Waals surface area (Å²) in [7, 11) is 1.51. The number of halogens is 1. The summed E-state index contributed by atoms with van der Waals surface area (Å²) >= 11 is -2.29. The van der Waals surface area contributed by atoms with E-state index in [1.165, 1.54) is 35.6 Å². The molecule has 0 saturated carbocycles. The number of nitrogens with zero attached hydrogens (tertiary/aromatic N) is 2. The number of pyridine rings is 1. The first-order valence-electron chi connectivity index (χ1n) is 13.3. The predicted molar refractivity (Wildman–Crippen MR) is 152 cm³/mol. The Labute approximate surface area is 236 Å².